The number of hydrogen-bond donors (Lipinski definition) is 1. The van der Waals surface area contributed by atoms with Crippen molar-refractivity contribution in [3.8, 4) is 22.6 Å². The first kappa shape index (κ1) is 21.5. The number of nitrogens with one attached hydrogen (secondary N) is 1. The molecule has 168 valence electrons. The molecule has 5 rings (SSSR count). The second kappa shape index (κ2) is 8.53. The Hall–Kier alpha value is -4.37. The number of benzene rings is 3. The molecular weight excluding hydrogens is 461 g/mol. The first-order valence-corrected chi connectivity index (χ1v) is 10.5. The fraction of sp³-hybridized carbons (Fsp3) is 0.0417. The van der Waals surface area contributed by atoms with Gasteiger partial charge < -0.3 is 5.32 Å². The monoisotopic (exact) mass is 475 g/mol. The van der Waals surface area contributed by atoms with E-state index in [0.29, 0.717) is 33.2 Å². The highest BCUT2D eigenvalue weighted by Gasteiger charge is 2.28. The lowest BCUT2D eigenvalue weighted by Crippen LogP contribution is -2.31. The molecule has 34 heavy (non-hydrogen) atoms. The van der Waals surface area contributed by atoms with Gasteiger partial charge in [0, 0.05) is 28.9 Å². The van der Waals surface area contributed by atoms with Crippen molar-refractivity contribution in [2.24, 2.45) is 0 Å². The number of non-ortho nitro benzene ring substituents is 1. The van der Waals surface area contributed by atoms with Crippen molar-refractivity contribution >= 4 is 29.1 Å². The lowest BCUT2D eigenvalue weighted by Gasteiger charge is -2.30. The Morgan fingerprint density at radius 2 is 1.79 bits per heavy atom. The van der Waals surface area contributed by atoms with E-state index >= 15 is 0 Å². The van der Waals surface area contributed by atoms with Gasteiger partial charge in [0.2, 0.25) is 0 Å². The molecule has 4 aromatic rings. The normalized spacial score (nSPS) is 14.6. The van der Waals surface area contributed by atoms with Crippen LogP contribution in [0.2, 0.25) is 0 Å². The maximum absolute atomic E-state index is 13.4. The molecule has 0 spiro atoms. The quantitative estimate of drug-likeness (QED) is 0.320. The van der Waals surface area contributed by atoms with Gasteiger partial charge in [-0.2, -0.15) is 10.1 Å². The Kier molecular flexibility index (Phi) is 5.39. The molecule has 2 heterocycles. The van der Waals surface area contributed by atoms with E-state index in [1.165, 1.54) is 41.1 Å². The third-order valence-corrected chi connectivity index (χ3v) is 5.64. The Morgan fingerprint density at radius 1 is 1.09 bits per heavy atom. The maximum Gasteiger partial charge on any atom is 0.300 e. The van der Waals surface area contributed by atoms with Crippen LogP contribution < -0.4 is 10.9 Å². The Labute approximate surface area is 197 Å². The summed E-state index contributed by atoms with van der Waals surface area (Å²) in [6, 6.07) is 18.6. The molecule has 1 atom stereocenters. The van der Waals surface area contributed by atoms with Gasteiger partial charge in [0.05, 0.1) is 9.96 Å². The molecule has 0 amide bonds. The van der Waals surface area contributed by atoms with E-state index in [-0.39, 0.29) is 11.4 Å². The zero-order valence-corrected chi connectivity index (χ0v) is 18.1. The molecular formula is C24H15ClFN5O3. The number of halogens is 2. The number of para-hydroxylation sites is 1. The first-order valence-electron chi connectivity index (χ1n) is 10.1. The lowest BCUT2D eigenvalue weighted by atomic mass is 10.1. The molecule has 10 heteroatoms. The zero-order chi connectivity index (χ0) is 23.8. The topological polar surface area (TPSA) is 103 Å². The van der Waals surface area contributed by atoms with Gasteiger partial charge in [0.25, 0.3) is 11.2 Å². The summed E-state index contributed by atoms with van der Waals surface area (Å²) in [6.07, 6.45) is 0.937. The standard InChI is InChI=1S/C24H15ClFN5O3/c25-19(13-14-5-11-17(12-6-14)31(33)34)23-27-20-4-2-1-3-18(20)22-28-24(32)21(29-30(22)23)15-7-9-16(26)10-8-15/h1-13,23,27H/b19-13+/t23-/m0/s1. The number of fused-ring (bicyclic) bond motifs is 3. The Balaban J connectivity index is 1.63. The van der Waals surface area contributed by atoms with Crippen molar-refractivity contribution in [1.29, 1.82) is 0 Å². The lowest BCUT2D eigenvalue weighted by molar-refractivity contribution is -0.384. The number of anilines is 1. The molecule has 0 radical (unpaired) electrons. The highest BCUT2D eigenvalue weighted by atomic mass is 35.5. The van der Waals surface area contributed by atoms with Crippen LogP contribution >= 0.6 is 11.6 Å². The van der Waals surface area contributed by atoms with E-state index < -0.39 is 22.5 Å². The molecule has 3 aromatic carbocycles. The fourth-order valence-electron chi connectivity index (χ4n) is 3.68. The van der Waals surface area contributed by atoms with Crippen molar-refractivity contribution in [2.75, 3.05) is 5.32 Å². The van der Waals surface area contributed by atoms with Gasteiger partial charge in [-0.3, -0.25) is 14.9 Å². The van der Waals surface area contributed by atoms with Crippen molar-refractivity contribution in [3.05, 3.63) is 110 Å². The second-order valence-corrected chi connectivity index (χ2v) is 7.95. The summed E-state index contributed by atoms with van der Waals surface area (Å²) in [7, 11) is 0. The molecule has 1 aromatic heterocycles. The van der Waals surface area contributed by atoms with Crippen molar-refractivity contribution in [3.63, 3.8) is 0 Å². The van der Waals surface area contributed by atoms with E-state index in [9.17, 15) is 19.3 Å². The minimum Gasteiger partial charge on any atom is -0.359 e. The van der Waals surface area contributed by atoms with Gasteiger partial charge in [0.1, 0.15) is 5.82 Å². The van der Waals surface area contributed by atoms with Gasteiger partial charge in [-0.05, 0) is 60.2 Å². The minimum atomic E-state index is -0.714. The summed E-state index contributed by atoms with van der Waals surface area (Å²) in [5.74, 6) is -0.109. The molecule has 1 aliphatic heterocycles. The number of aromatic nitrogens is 3. The highest BCUT2D eigenvalue weighted by molar-refractivity contribution is 6.32. The van der Waals surface area contributed by atoms with E-state index in [4.69, 9.17) is 11.6 Å². The molecule has 0 unspecified atom stereocenters. The van der Waals surface area contributed by atoms with Crippen molar-refractivity contribution < 1.29 is 9.31 Å². The molecule has 0 bridgehead atoms. The van der Waals surface area contributed by atoms with E-state index in [1.54, 1.807) is 18.2 Å². The third-order valence-electron chi connectivity index (χ3n) is 5.33. The third kappa shape index (κ3) is 3.93. The molecule has 1 aliphatic rings. The van der Waals surface area contributed by atoms with Crippen molar-refractivity contribution in [2.45, 2.75) is 6.17 Å². The van der Waals surface area contributed by atoms with Crippen molar-refractivity contribution in [1.82, 2.24) is 14.8 Å². The molecule has 0 aliphatic carbocycles. The van der Waals surface area contributed by atoms with Crippen LogP contribution in [0.15, 0.2) is 82.6 Å². The highest BCUT2D eigenvalue weighted by Crippen LogP contribution is 2.38. The van der Waals surface area contributed by atoms with Crippen LogP contribution in [-0.4, -0.2) is 19.7 Å². The van der Waals surface area contributed by atoms with Crippen LogP contribution in [0, 0.1) is 15.9 Å². The van der Waals surface area contributed by atoms with Gasteiger partial charge >= 0.3 is 0 Å². The van der Waals surface area contributed by atoms with Crippen LogP contribution in [0.25, 0.3) is 28.7 Å². The van der Waals surface area contributed by atoms with Crippen LogP contribution in [-0.2, 0) is 0 Å². The summed E-state index contributed by atoms with van der Waals surface area (Å²) in [4.78, 5) is 27.6. The summed E-state index contributed by atoms with van der Waals surface area (Å²) < 4.78 is 14.9. The van der Waals surface area contributed by atoms with Gasteiger partial charge in [0.15, 0.2) is 17.7 Å². The minimum absolute atomic E-state index is 0.0320. The molecule has 0 saturated carbocycles. The molecule has 8 nitrogen and oxygen atoms in total. The average molecular weight is 476 g/mol. The van der Waals surface area contributed by atoms with E-state index in [1.807, 2.05) is 24.3 Å². The summed E-state index contributed by atoms with van der Waals surface area (Å²) in [5.41, 5.74) is 1.92. The summed E-state index contributed by atoms with van der Waals surface area (Å²) in [6.45, 7) is 0. The van der Waals surface area contributed by atoms with E-state index in [2.05, 4.69) is 15.4 Å². The maximum atomic E-state index is 13.4. The predicted octanol–water partition coefficient (Wildman–Crippen LogP) is 5.22. The number of nitro benzene ring substituents is 1. The number of nitro groups is 1. The smallest absolute Gasteiger partial charge is 0.300 e. The molecule has 0 fully saturated rings. The first-order chi connectivity index (χ1) is 16.4. The molecule has 0 saturated heterocycles. The Morgan fingerprint density at radius 3 is 2.50 bits per heavy atom. The summed E-state index contributed by atoms with van der Waals surface area (Å²) >= 11 is 6.70. The van der Waals surface area contributed by atoms with Crippen LogP contribution in [0.3, 0.4) is 0 Å². The molecule has 1 N–H and O–H groups in total. The number of nitrogens with zero attached hydrogens (tertiary/aromatic N) is 4. The van der Waals surface area contributed by atoms with E-state index in [0.717, 1.165) is 0 Å². The van der Waals surface area contributed by atoms with Crippen LogP contribution in [0.4, 0.5) is 15.8 Å². The second-order valence-electron chi connectivity index (χ2n) is 7.51. The fourth-order valence-corrected chi connectivity index (χ4v) is 3.95. The zero-order valence-electron chi connectivity index (χ0n) is 17.4. The number of rotatable bonds is 4. The summed E-state index contributed by atoms with van der Waals surface area (Å²) in [5, 5.41) is 19.1. The van der Waals surface area contributed by atoms with Crippen LogP contribution in [0.5, 0.6) is 0 Å². The van der Waals surface area contributed by atoms with Gasteiger partial charge in [-0.1, -0.05) is 23.7 Å². The van der Waals surface area contributed by atoms with Gasteiger partial charge in [-0.25, -0.2) is 9.07 Å². The largest absolute Gasteiger partial charge is 0.359 e. The van der Waals surface area contributed by atoms with Gasteiger partial charge in [-0.15, -0.1) is 0 Å². The SMILES string of the molecule is O=c1nc2n(nc1-c1ccc(F)cc1)[C@@H](/C(Cl)=C\c1ccc([N+](=O)[O-])cc1)Nc1ccccc1-2. The predicted molar refractivity (Wildman–Crippen MR) is 127 cm³/mol. The number of hydrogen-bond acceptors (Lipinski definition) is 6. The average Bonchev–Trinajstić information content (AvgIpc) is 2.84. The van der Waals surface area contributed by atoms with Crippen LogP contribution in [0.1, 0.15) is 11.7 Å². The Bertz CT molecular complexity index is 1500.